The monoisotopic (exact) mass is 288 g/mol. The smallest absolute Gasteiger partial charge is 0.258 e. The van der Waals surface area contributed by atoms with Crippen LogP contribution in [0.1, 0.15) is 32.6 Å². The van der Waals surface area contributed by atoms with Gasteiger partial charge in [0.15, 0.2) is 0 Å². The zero-order chi connectivity index (χ0) is 14.7. The molecule has 8 nitrogen and oxygen atoms in total. The highest BCUT2D eigenvalue weighted by molar-refractivity contribution is 5.37. The molecule has 2 aromatic rings. The zero-order valence-corrected chi connectivity index (χ0v) is 12.3. The molecule has 0 spiro atoms. The number of anilines is 2. The molecule has 0 aromatic carbocycles. The zero-order valence-electron chi connectivity index (χ0n) is 12.3. The lowest BCUT2D eigenvalue weighted by Gasteiger charge is -2.17. The highest BCUT2D eigenvalue weighted by Gasteiger charge is 2.25. The fourth-order valence-corrected chi connectivity index (χ4v) is 2.22. The minimum absolute atomic E-state index is 0.396. The lowest BCUT2D eigenvalue weighted by Crippen LogP contribution is -2.22. The van der Waals surface area contributed by atoms with E-state index in [1.807, 2.05) is 0 Å². The van der Waals surface area contributed by atoms with E-state index in [1.54, 1.807) is 13.4 Å². The summed E-state index contributed by atoms with van der Waals surface area (Å²) in [5.41, 5.74) is 0. The van der Waals surface area contributed by atoms with Gasteiger partial charge >= 0.3 is 0 Å². The second-order valence-corrected chi connectivity index (χ2v) is 5.30. The normalized spacial score (nSPS) is 15.7. The fraction of sp³-hybridized carbons (Fsp3) is 0.615. The fourth-order valence-electron chi connectivity index (χ4n) is 2.22. The summed E-state index contributed by atoms with van der Waals surface area (Å²) < 4.78 is 1.52. The molecule has 2 aromatic heterocycles. The summed E-state index contributed by atoms with van der Waals surface area (Å²) in [6.45, 7) is 2.18. The molecule has 0 radical (unpaired) electrons. The molecule has 1 aliphatic rings. The lowest BCUT2D eigenvalue weighted by atomic mass is 10.1. The Balaban J connectivity index is 1.81. The average Bonchev–Trinajstić information content (AvgIpc) is 3.15. The molecule has 2 heterocycles. The highest BCUT2D eigenvalue weighted by atomic mass is 15.4. The molecule has 1 aliphatic carbocycles. The van der Waals surface area contributed by atoms with Crippen molar-refractivity contribution in [2.75, 3.05) is 17.7 Å². The topological polar surface area (TPSA) is 93.4 Å². The summed E-state index contributed by atoms with van der Waals surface area (Å²) in [6, 6.07) is 0.396. The van der Waals surface area contributed by atoms with Gasteiger partial charge in [0, 0.05) is 13.1 Å². The van der Waals surface area contributed by atoms with E-state index < -0.39 is 0 Å². The van der Waals surface area contributed by atoms with Gasteiger partial charge in [0.1, 0.15) is 12.7 Å². The maximum Gasteiger partial charge on any atom is 0.258 e. The first-order valence-corrected chi connectivity index (χ1v) is 7.34. The Bertz CT molecular complexity index is 578. The van der Waals surface area contributed by atoms with Gasteiger partial charge in [-0.15, -0.1) is 0 Å². The van der Waals surface area contributed by atoms with Gasteiger partial charge in [-0.1, -0.05) is 19.8 Å². The van der Waals surface area contributed by atoms with Crippen LogP contribution >= 0.6 is 0 Å². The molecule has 3 rings (SSSR count). The second kappa shape index (κ2) is 6.02. The SMILES string of the molecule is CCC(CC1CC1)Nc1nc(NC)nc(-n2cncn2)n1. The maximum atomic E-state index is 4.43. The first kappa shape index (κ1) is 13.7. The second-order valence-electron chi connectivity index (χ2n) is 5.30. The first-order chi connectivity index (χ1) is 10.3. The first-order valence-electron chi connectivity index (χ1n) is 7.34. The van der Waals surface area contributed by atoms with Crippen molar-refractivity contribution in [3.8, 4) is 5.95 Å². The quantitative estimate of drug-likeness (QED) is 0.797. The van der Waals surface area contributed by atoms with Crippen LogP contribution in [-0.4, -0.2) is 42.8 Å². The molecule has 0 bridgehead atoms. The molecule has 0 saturated heterocycles. The Labute approximate surface area is 123 Å². The van der Waals surface area contributed by atoms with Gasteiger partial charge in [0.25, 0.3) is 5.95 Å². The van der Waals surface area contributed by atoms with Gasteiger partial charge < -0.3 is 10.6 Å². The van der Waals surface area contributed by atoms with E-state index in [0.29, 0.717) is 23.9 Å². The van der Waals surface area contributed by atoms with Crippen LogP contribution in [0, 0.1) is 5.92 Å². The summed E-state index contributed by atoms with van der Waals surface area (Å²) in [5, 5.41) is 10.4. The number of hydrogen-bond donors (Lipinski definition) is 2. The highest BCUT2D eigenvalue weighted by Crippen LogP contribution is 2.34. The van der Waals surface area contributed by atoms with E-state index in [0.717, 1.165) is 12.3 Å². The van der Waals surface area contributed by atoms with Crippen LogP contribution in [0.4, 0.5) is 11.9 Å². The van der Waals surface area contributed by atoms with Gasteiger partial charge in [0.2, 0.25) is 11.9 Å². The van der Waals surface area contributed by atoms with Gasteiger partial charge in [-0.2, -0.15) is 24.7 Å². The minimum Gasteiger partial charge on any atom is -0.357 e. The molecule has 1 atom stereocenters. The van der Waals surface area contributed by atoms with Gasteiger partial charge in [-0.05, 0) is 18.8 Å². The van der Waals surface area contributed by atoms with Crippen LogP contribution in [-0.2, 0) is 0 Å². The molecule has 1 saturated carbocycles. The van der Waals surface area contributed by atoms with E-state index >= 15 is 0 Å². The van der Waals surface area contributed by atoms with Crippen molar-refractivity contribution in [1.29, 1.82) is 0 Å². The van der Waals surface area contributed by atoms with E-state index in [1.165, 1.54) is 30.3 Å². The maximum absolute atomic E-state index is 4.43. The van der Waals surface area contributed by atoms with Crippen molar-refractivity contribution in [3.63, 3.8) is 0 Å². The number of aromatic nitrogens is 6. The molecular formula is C13H20N8. The van der Waals surface area contributed by atoms with E-state index in [-0.39, 0.29) is 0 Å². The predicted molar refractivity (Wildman–Crippen MR) is 79.3 cm³/mol. The third kappa shape index (κ3) is 3.45. The molecule has 21 heavy (non-hydrogen) atoms. The van der Waals surface area contributed by atoms with Crippen LogP contribution in [0.2, 0.25) is 0 Å². The van der Waals surface area contributed by atoms with Crippen LogP contribution in [0.5, 0.6) is 0 Å². The number of hydrogen-bond acceptors (Lipinski definition) is 7. The van der Waals surface area contributed by atoms with Gasteiger partial charge in [-0.3, -0.25) is 0 Å². The number of nitrogens with one attached hydrogen (secondary N) is 2. The average molecular weight is 288 g/mol. The van der Waals surface area contributed by atoms with Crippen LogP contribution in [0.15, 0.2) is 12.7 Å². The molecule has 2 N–H and O–H groups in total. The van der Waals surface area contributed by atoms with Crippen molar-refractivity contribution in [3.05, 3.63) is 12.7 Å². The largest absolute Gasteiger partial charge is 0.357 e. The van der Waals surface area contributed by atoms with E-state index in [9.17, 15) is 0 Å². The van der Waals surface area contributed by atoms with Crippen LogP contribution in [0.3, 0.4) is 0 Å². The number of nitrogens with zero attached hydrogens (tertiary/aromatic N) is 6. The summed E-state index contributed by atoms with van der Waals surface area (Å²) in [7, 11) is 1.78. The Morgan fingerprint density at radius 2 is 2.10 bits per heavy atom. The van der Waals surface area contributed by atoms with Crippen molar-refractivity contribution in [1.82, 2.24) is 29.7 Å². The molecule has 1 fully saturated rings. The summed E-state index contributed by atoms with van der Waals surface area (Å²) in [5.74, 6) is 2.41. The molecular weight excluding hydrogens is 268 g/mol. The molecule has 112 valence electrons. The summed E-state index contributed by atoms with van der Waals surface area (Å²) in [6.07, 6.45) is 7.95. The molecule has 1 unspecified atom stereocenters. The molecule has 0 amide bonds. The predicted octanol–water partition coefficient (Wildman–Crippen LogP) is 1.48. The lowest BCUT2D eigenvalue weighted by molar-refractivity contribution is 0.582. The summed E-state index contributed by atoms with van der Waals surface area (Å²) >= 11 is 0. The standard InChI is InChI=1S/C13H20N8/c1-3-10(6-9-4-5-9)17-12-18-11(14-2)19-13(20-12)21-8-15-7-16-21/h7-10H,3-6H2,1-2H3,(H2,14,17,18,19,20). The molecule has 8 heteroatoms. The third-order valence-electron chi connectivity index (χ3n) is 3.61. The van der Waals surface area contributed by atoms with Gasteiger partial charge in [-0.25, -0.2) is 4.98 Å². The van der Waals surface area contributed by atoms with Crippen molar-refractivity contribution in [2.24, 2.45) is 5.92 Å². The van der Waals surface area contributed by atoms with Crippen molar-refractivity contribution < 1.29 is 0 Å². The van der Waals surface area contributed by atoms with Crippen LogP contribution in [0.25, 0.3) is 5.95 Å². The van der Waals surface area contributed by atoms with Crippen molar-refractivity contribution in [2.45, 2.75) is 38.6 Å². The third-order valence-corrected chi connectivity index (χ3v) is 3.61. The Morgan fingerprint density at radius 3 is 2.71 bits per heavy atom. The Morgan fingerprint density at radius 1 is 1.29 bits per heavy atom. The number of rotatable bonds is 7. The minimum atomic E-state index is 0.396. The Hall–Kier alpha value is -2.25. The van der Waals surface area contributed by atoms with Gasteiger partial charge in [0.05, 0.1) is 0 Å². The van der Waals surface area contributed by atoms with E-state index in [4.69, 9.17) is 0 Å². The van der Waals surface area contributed by atoms with Crippen LogP contribution < -0.4 is 10.6 Å². The molecule has 0 aliphatic heterocycles. The Kier molecular flexibility index (Phi) is 3.94. The van der Waals surface area contributed by atoms with E-state index in [2.05, 4.69) is 42.6 Å². The van der Waals surface area contributed by atoms with Crippen molar-refractivity contribution >= 4 is 11.9 Å². The summed E-state index contributed by atoms with van der Waals surface area (Å²) in [4.78, 5) is 17.0.